The Morgan fingerprint density at radius 2 is 2.08 bits per heavy atom. The molecule has 1 aliphatic rings. The Balaban J connectivity index is 1.68. The van der Waals surface area contributed by atoms with Crippen LogP contribution in [-0.2, 0) is 4.79 Å². The highest BCUT2D eigenvalue weighted by Gasteiger charge is 2.36. The van der Waals surface area contributed by atoms with Crippen molar-refractivity contribution in [1.29, 1.82) is 0 Å². The molecule has 1 aromatic carbocycles. The van der Waals surface area contributed by atoms with Gasteiger partial charge in [-0.15, -0.1) is 0 Å². The minimum atomic E-state index is -0.467. The summed E-state index contributed by atoms with van der Waals surface area (Å²) in [6, 6.07) is 7.20. The predicted molar refractivity (Wildman–Crippen MR) is 96.3 cm³/mol. The standard InChI is InChI=1S/C19H25N3O3/c1-11-13-7-5-6-8-14(13)25-17(11)12(2)20-18(24)21-15-9-10-16(23)22-19(15,3)4/h5-8,12,15H,9-10H2,1-4H3,(H,22,23)(H2,20,21,24). The van der Waals surface area contributed by atoms with Gasteiger partial charge in [0, 0.05) is 17.4 Å². The average Bonchev–Trinajstić information content (AvgIpc) is 2.87. The summed E-state index contributed by atoms with van der Waals surface area (Å²) in [6.07, 6.45) is 1.05. The molecule has 3 amide bonds. The van der Waals surface area contributed by atoms with Crippen molar-refractivity contribution >= 4 is 22.9 Å². The van der Waals surface area contributed by atoms with Crippen LogP contribution in [0, 0.1) is 6.92 Å². The number of aryl methyl sites for hydroxylation is 1. The summed E-state index contributed by atoms with van der Waals surface area (Å²) in [5, 5.41) is 9.90. The fourth-order valence-electron chi connectivity index (χ4n) is 3.47. The van der Waals surface area contributed by atoms with Crippen LogP contribution in [0.2, 0.25) is 0 Å². The van der Waals surface area contributed by atoms with Gasteiger partial charge in [-0.25, -0.2) is 4.79 Å². The van der Waals surface area contributed by atoms with Crippen molar-refractivity contribution in [2.45, 2.75) is 58.2 Å². The summed E-state index contributed by atoms with van der Waals surface area (Å²) in [5.41, 5.74) is 1.39. The highest BCUT2D eigenvalue weighted by atomic mass is 16.3. The maximum absolute atomic E-state index is 12.4. The molecule has 0 radical (unpaired) electrons. The summed E-state index contributed by atoms with van der Waals surface area (Å²) in [7, 11) is 0. The van der Waals surface area contributed by atoms with Gasteiger partial charge in [0.2, 0.25) is 5.91 Å². The van der Waals surface area contributed by atoms with E-state index in [4.69, 9.17) is 4.42 Å². The second-order valence-electron chi connectivity index (χ2n) is 7.29. The fourth-order valence-corrected chi connectivity index (χ4v) is 3.47. The van der Waals surface area contributed by atoms with E-state index < -0.39 is 5.54 Å². The molecule has 0 spiro atoms. The zero-order valence-corrected chi connectivity index (χ0v) is 15.1. The lowest BCUT2D eigenvalue weighted by Gasteiger charge is -2.39. The Hall–Kier alpha value is -2.50. The number of carbonyl (C=O) groups excluding carboxylic acids is 2. The number of fused-ring (bicyclic) bond motifs is 1. The maximum Gasteiger partial charge on any atom is 0.315 e. The van der Waals surface area contributed by atoms with E-state index in [-0.39, 0.29) is 24.0 Å². The molecule has 1 aliphatic heterocycles. The lowest BCUT2D eigenvalue weighted by atomic mass is 9.87. The van der Waals surface area contributed by atoms with Crippen molar-refractivity contribution in [3.05, 3.63) is 35.6 Å². The topological polar surface area (TPSA) is 83.4 Å². The molecule has 6 heteroatoms. The first-order chi connectivity index (χ1) is 11.8. The van der Waals surface area contributed by atoms with Gasteiger partial charge < -0.3 is 20.4 Å². The van der Waals surface area contributed by atoms with Crippen LogP contribution in [0.4, 0.5) is 4.79 Å². The van der Waals surface area contributed by atoms with Gasteiger partial charge in [0.05, 0.1) is 17.6 Å². The molecule has 2 atom stereocenters. The molecule has 2 heterocycles. The van der Waals surface area contributed by atoms with Gasteiger partial charge in [0.25, 0.3) is 0 Å². The first-order valence-corrected chi connectivity index (χ1v) is 8.64. The number of urea groups is 1. The quantitative estimate of drug-likeness (QED) is 0.800. The summed E-state index contributed by atoms with van der Waals surface area (Å²) >= 11 is 0. The second kappa shape index (κ2) is 6.43. The Morgan fingerprint density at radius 3 is 2.76 bits per heavy atom. The van der Waals surface area contributed by atoms with Gasteiger partial charge in [0.1, 0.15) is 11.3 Å². The highest BCUT2D eigenvalue weighted by Crippen LogP contribution is 2.29. The molecule has 1 fully saturated rings. The highest BCUT2D eigenvalue weighted by molar-refractivity contribution is 5.83. The largest absolute Gasteiger partial charge is 0.459 e. The van der Waals surface area contributed by atoms with E-state index in [9.17, 15) is 9.59 Å². The Labute approximate surface area is 147 Å². The average molecular weight is 343 g/mol. The van der Waals surface area contributed by atoms with Gasteiger partial charge in [0.15, 0.2) is 0 Å². The molecule has 1 aromatic heterocycles. The number of nitrogens with one attached hydrogen (secondary N) is 3. The van der Waals surface area contributed by atoms with Crippen molar-refractivity contribution < 1.29 is 14.0 Å². The number of hydrogen-bond acceptors (Lipinski definition) is 3. The molecule has 25 heavy (non-hydrogen) atoms. The second-order valence-corrected chi connectivity index (χ2v) is 7.29. The molecule has 0 saturated carbocycles. The molecule has 2 aromatic rings. The third-order valence-corrected chi connectivity index (χ3v) is 4.92. The zero-order chi connectivity index (χ0) is 18.2. The van der Waals surface area contributed by atoms with Gasteiger partial charge in [-0.2, -0.15) is 0 Å². The summed E-state index contributed by atoms with van der Waals surface area (Å²) in [4.78, 5) is 24.0. The number of para-hydroxylation sites is 1. The Kier molecular flexibility index (Phi) is 4.45. The molecular formula is C19H25N3O3. The Bertz CT molecular complexity index is 809. The number of furan rings is 1. The van der Waals surface area contributed by atoms with Crippen molar-refractivity contribution in [2.75, 3.05) is 0 Å². The molecule has 6 nitrogen and oxygen atoms in total. The lowest BCUT2D eigenvalue weighted by Crippen LogP contribution is -2.63. The first kappa shape index (κ1) is 17.3. The summed E-state index contributed by atoms with van der Waals surface area (Å²) < 4.78 is 5.91. The van der Waals surface area contributed by atoms with E-state index in [2.05, 4.69) is 16.0 Å². The van der Waals surface area contributed by atoms with E-state index in [1.54, 1.807) is 0 Å². The van der Waals surface area contributed by atoms with E-state index in [0.717, 1.165) is 22.3 Å². The molecular weight excluding hydrogens is 318 g/mol. The van der Waals surface area contributed by atoms with Crippen molar-refractivity contribution in [3.63, 3.8) is 0 Å². The van der Waals surface area contributed by atoms with Crippen LogP contribution in [0.1, 0.15) is 51.0 Å². The molecule has 3 N–H and O–H groups in total. The number of amides is 3. The minimum absolute atomic E-state index is 0.0229. The van der Waals surface area contributed by atoms with Crippen molar-refractivity contribution in [3.8, 4) is 0 Å². The monoisotopic (exact) mass is 343 g/mol. The van der Waals surface area contributed by atoms with Crippen LogP contribution < -0.4 is 16.0 Å². The van der Waals surface area contributed by atoms with Crippen LogP contribution >= 0.6 is 0 Å². The van der Waals surface area contributed by atoms with E-state index in [1.165, 1.54) is 0 Å². The zero-order valence-electron chi connectivity index (χ0n) is 15.1. The number of rotatable bonds is 3. The van der Waals surface area contributed by atoms with Crippen LogP contribution in [-0.4, -0.2) is 23.5 Å². The maximum atomic E-state index is 12.4. The lowest BCUT2D eigenvalue weighted by molar-refractivity contribution is -0.125. The van der Waals surface area contributed by atoms with Gasteiger partial charge in [-0.05, 0) is 40.2 Å². The summed E-state index contributed by atoms with van der Waals surface area (Å²) in [5.74, 6) is 0.780. The first-order valence-electron chi connectivity index (χ1n) is 8.64. The van der Waals surface area contributed by atoms with Gasteiger partial charge in [-0.1, -0.05) is 18.2 Å². The predicted octanol–water partition coefficient (Wildman–Crippen LogP) is 3.16. The number of piperidine rings is 1. The molecule has 2 unspecified atom stereocenters. The van der Waals surface area contributed by atoms with Crippen LogP contribution in [0.5, 0.6) is 0 Å². The number of hydrogen-bond donors (Lipinski definition) is 3. The van der Waals surface area contributed by atoms with Crippen LogP contribution in [0.15, 0.2) is 28.7 Å². The molecule has 1 saturated heterocycles. The smallest absolute Gasteiger partial charge is 0.315 e. The van der Waals surface area contributed by atoms with E-state index in [0.29, 0.717) is 12.8 Å². The third-order valence-electron chi connectivity index (χ3n) is 4.92. The minimum Gasteiger partial charge on any atom is -0.459 e. The van der Waals surface area contributed by atoms with Gasteiger partial charge in [-0.3, -0.25) is 4.79 Å². The number of carbonyl (C=O) groups is 2. The van der Waals surface area contributed by atoms with E-state index in [1.807, 2.05) is 52.0 Å². The van der Waals surface area contributed by atoms with Crippen LogP contribution in [0.3, 0.4) is 0 Å². The van der Waals surface area contributed by atoms with Crippen molar-refractivity contribution in [2.24, 2.45) is 0 Å². The molecule has 134 valence electrons. The fraction of sp³-hybridized carbons (Fsp3) is 0.474. The Morgan fingerprint density at radius 1 is 1.36 bits per heavy atom. The van der Waals surface area contributed by atoms with E-state index >= 15 is 0 Å². The molecule has 3 rings (SSSR count). The molecule has 0 aliphatic carbocycles. The molecule has 0 bridgehead atoms. The third kappa shape index (κ3) is 3.48. The van der Waals surface area contributed by atoms with Crippen LogP contribution in [0.25, 0.3) is 11.0 Å². The number of benzene rings is 1. The normalized spacial score (nSPS) is 20.8. The van der Waals surface area contributed by atoms with Crippen molar-refractivity contribution in [1.82, 2.24) is 16.0 Å². The SMILES string of the molecule is Cc1c(C(C)NC(=O)NC2CCC(=O)NC2(C)C)oc2ccccc12. The summed E-state index contributed by atoms with van der Waals surface area (Å²) in [6.45, 7) is 7.73. The van der Waals surface area contributed by atoms with Gasteiger partial charge >= 0.3 is 6.03 Å².